The molecule has 37 heavy (non-hydrogen) atoms. The zero-order valence-electron chi connectivity index (χ0n) is 21.3. The first-order chi connectivity index (χ1) is 18.0. The van der Waals surface area contributed by atoms with Gasteiger partial charge in [-0.1, -0.05) is 30.3 Å². The van der Waals surface area contributed by atoms with Crippen molar-refractivity contribution in [3.63, 3.8) is 0 Å². The average Bonchev–Trinajstić information content (AvgIpc) is 2.95. The number of aromatic nitrogens is 1. The Balaban J connectivity index is 1.43. The van der Waals surface area contributed by atoms with E-state index in [1.54, 1.807) is 25.3 Å². The Morgan fingerprint density at radius 2 is 1.97 bits per heavy atom. The molecule has 1 fully saturated rings. The molecule has 1 unspecified atom stereocenters. The van der Waals surface area contributed by atoms with E-state index in [-0.39, 0.29) is 19.4 Å². The summed E-state index contributed by atoms with van der Waals surface area (Å²) in [5.74, 6) is 0.126. The van der Waals surface area contributed by atoms with E-state index in [0.29, 0.717) is 40.6 Å². The van der Waals surface area contributed by atoms with Crippen molar-refractivity contribution < 1.29 is 24.2 Å². The fourth-order valence-corrected chi connectivity index (χ4v) is 5.47. The Morgan fingerprint density at radius 1 is 1.22 bits per heavy atom. The largest absolute Gasteiger partial charge is 0.497 e. The van der Waals surface area contributed by atoms with Crippen molar-refractivity contribution in [1.82, 2.24) is 15.4 Å². The molecular formula is C29H36FN3O4. The third-order valence-electron chi connectivity index (χ3n) is 7.74. The number of halogens is 1. The van der Waals surface area contributed by atoms with E-state index < -0.39 is 17.5 Å². The molecule has 8 heteroatoms. The summed E-state index contributed by atoms with van der Waals surface area (Å²) in [7, 11) is 1.54. The average molecular weight is 510 g/mol. The molecule has 0 saturated carbocycles. The number of aliphatic hydroxyl groups is 1. The number of hydroxylamine groups is 1. The second kappa shape index (κ2) is 12.4. The van der Waals surface area contributed by atoms with Gasteiger partial charge in [-0.05, 0) is 81.9 Å². The molecule has 1 aliphatic heterocycles. The van der Waals surface area contributed by atoms with Gasteiger partial charge in [0.25, 0.3) is 0 Å². The standard InChI is InChI=1S/C29H36FN3O4/c1-37-23-9-10-26-24(18-23)27(22(20-34)19-31-26)25(30)11-12-29(28(35)32-36)13-16-33(17-14-29)15-5-8-21-6-3-2-4-7-21/h2-4,6-7,9-10,18-19,25,34,36H,5,8,11-17,20H2,1H3,(H,32,35). The van der Waals surface area contributed by atoms with Crippen LogP contribution >= 0.6 is 0 Å². The SMILES string of the molecule is COc1ccc2ncc(CO)c(C(F)CCC3(C(=O)NO)CCN(CCCc4ccccc4)CC3)c2c1. The predicted molar refractivity (Wildman–Crippen MR) is 140 cm³/mol. The molecule has 4 rings (SSSR count). The van der Waals surface area contributed by atoms with Gasteiger partial charge in [-0.3, -0.25) is 15.0 Å². The van der Waals surface area contributed by atoms with E-state index >= 15 is 4.39 Å². The number of hydrogen-bond acceptors (Lipinski definition) is 6. The minimum absolute atomic E-state index is 0.0880. The molecule has 0 bridgehead atoms. The summed E-state index contributed by atoms with van der Waals surface area (Å²) in [6, 6.07) is 15.6. The van der Waals surface area contributed by atoms with E-state index in [2.05, 4.69) is 22.0 Å². The lowest BCUT2D eigenvalue weighted by atomic mass is 9.73. The van der Waals surface area contributed by atoms with Crippen molar-refractivity contribution in [2.45, 2.75) is 51.3 Å². The van der Waals surface area contributed by atoms with E-state index in [1.165, 1.54) is 11.8 Å². The van der Waals surface area contributed by atoms with Gasteiger partial charge in [-0.15, -0.1) is 0 Å². The summed E-state index contributed by atoms with van der Waals surface area (Å²) in [5.41, 5.74) is 3.72. The highest BCUT2D eigenvalue weighted by atomic mass is 19.1. The van der Waals surface area contributed by atoms with Gasteiger partial charge in [0.05, 0.1) is 24.6 Å². The van der Waals surface area contributed by atoms with Crippen LogP contribution < -0.4 is 10.2 Å². The van der Waals surface area contributed by atoms with Crippen LogP contribution in [0, 0.1) is 5.41 Å². The van der Waals surface area contributed by atoms with Crippen LogP contribution in [-0.4, -0.2) is 52.8 Å². The highest BCUT2D eigenvalue weighted by Crippen LogP contribution is 2.41. The Kier molecular flexibility index (Phi) is 9.08. The number of nitrogens with zero attached hydrogens (tertiary/aromatic N) is 2. The molecule has 1 amide bonds. The zero-order chi connectivity index (χ0) is 26.3. The predicted octanol–water partition coefficient (Wildman–Crippen LogP) is 4.75. The molecule has 1 saturated heterocycles. The maximum atomic E-state index is 15.9. The lowest BCUT2D eigenvalue weighted by Gasteiger charge is -2.40. The lowest BCUT2D eigenvalue weighted by Crippen LogP contribution is -2.48. The molecule has 1 aromatic heterocycles. The minimum Gasteiger partial charge on any atom is -0.497 e. The van der Waals surface area contributed by atoms with Crippen LogP contribution in [0.15, 0.2) is 54.7 Å². The molecule has 2 heterocycles. The fraction of sp³-hybridized carbons (Fsp3) is 0.448. The van der Waals surface area contributed by atoms with Crippen LogP contribution in [0.25, 0.3) is 10.9 Å². The number of ether oxygens (including phenoxy) is 1. The van der Waals surface area contributed by atoms with Crippen molar-refractivity contribution in [3.05, 3.63) is 71.4 Å². The Labute approximate surface area is 217 Å². The Hall–Kier alpha value is -3.07. The molecule has 1 atom stereocenters. The third kappa shape index (κ3) is 6.26. The van der Waals surface area contributed by atoms with E-state index in [1.807, 2.05) is 23.7 Å². The van der Waals surface area contributed by atoms with Crippen LogP contribution in [0.3, 0.4) is 0 Å². The number of likely N-dealkylation sites (tertiary alicyclic amines) is 1. The number of methoxy groups -OCH3 is 1. The third-order valence-corrected chi connectivity index (χ3v) is 7.74. The first-order valence-corrected chi connectivity index (χ1v) is 12.9. The molecule has 1 aliphatic rings. The molecule has 0 spiro atoms. The van der Waals surface area contributed by atoms with Crippen molar-refractivity contribution >= 4 is 16.8 Å². The number of alkyl halides is 1. The van der Waals surface area contributed by atoms with E-state index in [4.69, 9.17) is 4.74 Å². The van der Waals surface area contributed by atoms with Crippen LogP contribution in [0.2, 0.25) is 0 Å². The van der Waals surface area contributed by atoms with Gasteiger partial charge in [-0.25, -0.2) is 9.87 Å². The number of pyridine rings is 1. The fourth-order valence-electron chi connectivity index (χ4n) is 5.47. The van der Waals surface area contributed by atoms with Crippen molar-refractivity contribution in [2.24, 2.45) is 5.41 Å². The summed E-state index contributed by atoms with van der Waals surface area (Å²) < 4.78 is 21.2. The van der Waals surface area contributed by atoms with Gasteiger partial charge < -0.3 is 14.7 Å². The molecule has 7 nitrogen and oxygen atoms in total. The second-order valence-electron chi connectivity index (χ2n) is 9.90. The maximum absolute atomic E-state index is 15.9. The quantitative estimate of drug-likeness (QED) is 0.255. The molecule has 3 aromatic rings. The van der Waals surface area contributed by atoms with Gasteiger partial charge >= 0.3 is 0 Å². The number of aliphatic hydroxyl groups excluding tert-OH is 1. The smallest absolute Gasteiger partial charge is 0.249 e. The summed E-state index contributed by atoms with van der Waals surface area (Å²) in [6.45, 7) is 2.03. The first kappa shape index (κ1) is 27.0. The van der Waals surface area contributed by atoms with Gasteiger partial charge in [0.15, 0.2) is 0 Å². The van der Waals surface area contributed by atoms with Crippen LogP contribution in [0.4, 0.5) is 4.39 Å². The van der Waals surface area contributed by atoms with Crippen molar-refractivity contribution in [2.75, 3.05) is 26.7 Å². The van der Waals surface area contributed by atoms with Gasteiger partial charge in [0, 0.05) is 22.7 Å². The van der Waals surface area contributed by atoms with Gasteiger partial charge in [0.1, 0.15) is 11.9 Å². The van der Waals surface area contributed by atoms with Crippen molar-refractivity contribution in [1.29, 1.82) is 0 Å². The molecule has 0 radical (unpaired) electrons. The number of hydrogen-bond donors (Lipinski definition) is 3. The number of carbonyl (C=O) groups excluding carboxylic acids is 1. The topological polar surface area (TPSA) is 94.9 Å². The number of benzene rings is 2. The molecule has 0 aliphatic carbocycles. The summed E-state index contributed by atoms with van der Waals surface area (Å²) in [5, 5.41) is 20.0. The number of nitrogens with one attached hydrogen (secondary N) is 1. The summed E-state index contributed by atoms with van der Waals surface area (Å²) in [4.78, 5) is 19.5. The normalized spacial score (nSPS) is 16.4. The van der Waals surface area contributed by atoms with Gasteiger partial charge in [0.2, 0.25) is 5.91 Å². The Bertz CT molecular complexity index is 1180. The molecule has 198 valence electrons. The second-order valence-corrected chi connectivity index (χ2v) is 9.90. The number of piperidine rings is 1. The van der Waals surface area contributed by atoms with Crippen LogP contribution in [0.5, 0.6) is 5.75 Å². The monoisotopic (exact) mass is 509 g/mol. The minimum atomic E-state index is -1.41. The Morgan fingerprint density at radius 3 is 2.65 bits per heavy atom. The number of rotatable bonds is 11. The summed E-state index contributed by atoms with van der Waals surface area (Å²) in [6.07, 6.45) is 3.60. The van der Waals surface area contributed by atoms with E-state index in [0.717, 1.165) is 32.5 Å². The number of carbonyl (C=O) groups is 1. The van der Waals surface area contributed by atoms with Gasteiger partial charge in [-0.2, -0.15) is 0 Å². The van der Waals surface area contributed by atoms with E-state index in [9.17, 15) is 15.1 Å². The maximum Gasteiger partial charge on any atom is 0.249 e. The zero-order valence-corrected chi connectivity index (χ0v) is 21.3. The highest BCUT2D eigenvalue weighted by molar-refractivity contribution is 5.85. The van der Waals surface area contributed by atoms with Crippen molar-refractivity contribution in [3.8, 4) is 5.75 Å². The lowest BCUT2D eigenvalue weighted by molar-refractivity contribution is -0.143. The number of amides is 1. The molecule has 2 aromatic carbocycles. The van der Waals surface area contributed by atoms with Crippen LogP contribution in [0.1, 0.15) is 55.0 Å². The summed E-state index contributed by atoms with van der Waals surface area (Å²) >= 11 is 0. The highest BCUT2D eigenvalue weighted by Gasteiger charge is 2.41. The number of fused-ring (bicyclic) bond motifs is 1. The first-order valence-electron chi connectivity index (χ1n) is 12.9. The molecule has 3 N–H and O–H groups in total. The number of aryl methyl sites for hydroxylation is 1. The van der Waals surface area contributed by atoms with Crippen LogP contribution in [-0.2, 0) is 17.8 Å². The molecular weight excluding hydrogens is 473 g/mol.